The number of hydrogen-bond donors (Lipinski definition) is 1. The zero-order chi connectivity index (χ0) is 24.2. The minimum atomic E-state index is -0.319. The first kappa shape index (κ1) is 23.0. The summed E-state index contributed by atoms with van der Waals surface area (Å²) in [6.07, 6.45) is 1.69. The van der Waals surface area contributed by atoms with E-state index in [0.717, 1.165) is 27.6 Å². The number of fused-ring (bicyclic) bond motifs is 1. The Hall–Kier alpha value is -4.19. The number of carbonyl (C=O) groups is 1. The van der Waals surface area contributed by atoms with Gasteiger partial charge in [-0.3, -0.25) is 4.79 Å². The molecule has 0 unspecified atom stereocenters. The number of nitrogens with one attached hydrogen (secondary N) is 1. The topological polar surface area (TPSA) is 72.8 Å². The Balaban J connectivity index is 1.74. The Kier molecular flexibility index (Phi) is 6.59. The standard InChI is InChI=1S/C28H27N3O3/c1-17-12-18(2)24(19(3)13-17)16-29-31-28(32)22-15-26(30-25-9-7-6-8-21(22)25)23-14-20(33-4)10-11-27(23)34-5/h6-16H,1-5H3,(H,31,32). The van der Waals surface area contributed by atoms with Crippen LogP contribution in [0.1, 0.15) is 32.6 Å². The minimum absolute atomic E-state index is 0.319. The quantitative estimate of drug-likeness (QED) is 0.304. The summed E-state index contributed by atoms with van der Waals surface area (Å²) in [4.78, 5) is 18.0. The van der Waals surface area contributed by atoms with Crippen molar-refractivity contribution in [3.05, 3.63) is 88.5 Å². The molecule has 0 bridgehead atoms. The summed E-state index contributed by atoms with van der Waals surface area (Å²) in [5, 5.41) is 4.99. The van der Waals surface area contributed by atoms with Crippen LogP contribution in [-0.2, 0) is 0 Å². The molecule has 0 atom stereocenters. The van der Waals surface area contributed by atoms with Crippen LogP contribution >= 0.6 is 0 Å². The van der Waals surface area contributed by atoms with Gasteiger partial charge in [-0.1, -0.05) is 35.9 Å². The Labute approximate surface area is 199 Å². The van der Waals surface area contributed by atoms with Crippen LogP contribution in [0.5, 0.6) is 11.5 Å². The van der Waals surface area contributed by atoms with E-state index in [1.165, 1.54) is 5.56 Å². The molecule has 6 nitrogen and oxygen atoms in total. The fourth-order valence-electron chi connectivity index (χ4n) is 4.13. The number of ether oxygens (including phenoxy) is 2. The summed E-state index contributed by atoms with van der Waals surface area (Å²) < 4.78 is 10.9. The first-order valence-corrected chi connectivity index (χ1v) is 10.9. The number of aryl methyl sites for hydroxylation is 3. The van der Waals surface area contributed by atoms with Crippen molar-refractivity contribution in [3.8, 4) is 22.8 Å². The molecule has 0 fully saturated rings. The smallest absolute Gasteiger partial charge is 0.272 e. The van der Waals surface area contributed by atoms with Gasteiger partial charge in [-0.05, 0) is 62.2 Å². The van der Waals surface area contributed by atoms with E-state index in [4.69, 9.17) is 14.5 Å². The first-order chi connectivity index (χ1) is 16.4. The van der Waals surface area contributed by atoms with Crippen molar-refractivity contribution in [2.75, 3.05) is 14.2 Å². The van der Waals surface area contributed by atoms with E-state index >= 15 is 0 Å². The van der Waals surface area contributed by atoms with Gasteiger partial charge >= 0.3 is 0 Å². The second-order valence-corrected chi connectivity index (χ2v) is 8.15. The lowest BCUT2D eigenvalue weighted by molar-refractivity contribution is 0.0956. The molecule has 4 aromatic rings. The van der Waals surface area contributed by atoms with Crippen molar-refractivity contribution in [1.82, 2.24) is 10.4 Å². The molecular weight excluding hydrogens is 426 g/mol. The number of methoxy groups -OCH3 is 2. The number of aromatic nitrogens is 1. The molecule has 1 amide bonds. The van der Waals surface area contributed by atoms with E-state index in [2.05, 4.69) is 29.6 Å². The predicted octanol–water partition coefficient (Wildman–Crippen LogP) is 5.61. The summed E-state index contributed by atoms with van der Waals surface area (Å²) >= 11 is 0. The van der Waals surface area contributed by atoms with Gasteiger partial charge in [-0.15, -0.1) is 0 Å². The fourth-order valence-corrected chi connectivity index (χ4v) is 4.13. The van der Waals surface area contributed by atoms with Crippen LogP contribution in [-0.4, -0.2) is 31.3 Å². The summed E-state index contributed by atoms with van der Waals surface area (Å²) in [5.74, 6) is 0.990. The number of rotatable bonds is 6. The van der Waals surface area contributed by atoms with Gasteiger partial charge in [-0.2, -0.15) is 5.10 Å². The Morgan fingerprint density at radius 1 is 0.941 bits per heavy atom. The van der Waals surface area contributed by atoms with Crippen molar-refractivity contribution < 1.29 is 14.3 Å². The van der Waals surface area contributed by atoms with Crippen molar-refractivity contribution >= 4 is 23.0 Å². The van der Waals surface area contributed by atoms with Gasteiger partial charge in [0.15, 0.2) is 0 Å². The number of para-hydroxylation sites is 1. The molecule has 3 aromatic carbocycles. The number of hydrogen-bond acceptors (Lipinski definition) is 5. The van der Waals surface area contributed by atoms with Gasteiger partial charge in [0.05, 0.1) is 37.2 Å². The number of hydrazone groups is 1. The fraction of sp³-hybridized carbons (Fsp3) is 0.179. The molecule has 0 saturated carbocycles. The number of carbonyl (C=O) groups excluding carboxylic acids is 1. The highest BCUT2D eigenvalue weighted by Gasteiger charge is 2.16. The molecule has 0 aliphatic carbocycles. The highest BCUT2D eigenvalue weighted by molar-refractivity contribution is 6.07. The predicted molar refractivity (Wildman–Crippen MR) is 136 cm³/mol. The Morgan fingerprint density at radius 3 is 2.38 bits per heavy atom. The molecule has 0 aliphatic heterocycles. The number of benzene rings is 3. The van der Waals surface area contributed by atoms with Gasteiger partial charge in [-0.25, -0.2) is 10.4 Å². The number of amides is 1. The van der Waals surface area contributed by atoms with E-state index in [9.17, 15) is 4.79 Å². The third-order valence-corrected chi connectivity index (χ3v) is 5.74. The molecule has 0 spiro atoms. The van der Waals surface area contributed by atoms with Crippen LogP contribution in [0.4, 0.5) is 0 Å². The average molecular weight is 454 g/mol. The summed E-state index contributed by atoms with van der Waals surface area (Å²) in [6, 6.07) is 19.0. The SMILES string of the molecule is COc1ccc(OC)c(-c2cc(C(=O)NN=Cc3c(C)cc(C)cc3C)c3ccccc3n2)c1. The average Bonchev–Trinajstić information content (AvgIpc) is 2.84. The lowest BCUT2D eigenvalue weighted by Crippen LogP contribution is -2.18. The van der Waals surface area contributed by atoms with Gasteiger partial charge in [0.1, 0.15) is 11.5 Å². The normalized spacial score (nSPS) is 11.1. The zero-order valence-electron chi connectivity index (χ0n) is 20.0. The van der Waals surface area contributed by atoms with Crippen LogP contribution in [0.3, 0.4) is 0 Å². The summed E-state index contributed by atoms with van der Waals surface area (Å²) in [5.41, 5.74) is 9.60. The van der Waals surface area contributed by atoms with E-state index in [1.807, 2.05) is 56.3 Å². The van der Waals surface area contributed by atoms with E-state index in [0.29, 0.717) is 28.3 Å². The summed E-state index contributed by atoms with van der Waals surface area (Å²) in [6.45, 7) is 6.13. The van der Waals surface area contributed by atoms with Crippen LogP contribution in [0, 0.1) is 20.8 Å². The molecule has 4 rings (SSSR count). The molecule has 1 aromatic heterocycles. The van der Waals surface area contributed by atoms with Gasteiger partial charge in [0.25, 0.3) is 5.91 Å². The maximum absolute atomic E-state index is 13.2. The lowest BCUT2D eigenvalue weighted by atomic mass is 10.0. The monoisotopic (exact) mass is 453 g/mol. The third-order valence-electron chi connectivity index (χ3n) is 5.74. The molecule has 34 heavy (non-hydrogen) atoms. The maximum Gasteiger partial charge on any atom is 0.272 e. The van der Waals surface area contributed by atoms with Crippen molar-refractivity contribution in [1.29, 1.82) is 0 Å². The molecule has 6 heteroatoms. The van der Waals surface area contributed by atoms with Crippen LogP contribution in [0.15, 0.2) is 65.8 Å². The minimum Gasteiger partial charge on any atom is -0.497 e. The summed E-state index contributed by atoms with van der Waals surface area (Å²) in [7, 11) is 3.21. The lowest BCUT2D eigenvalue weighted by Gasteiger charge is -2.13. The molecule has 1 N–H and O–H groups in total. The molecular formula is C28H27N3O3. The highest BCUT2D eigenvalue weighted by atomic mass is 16.5. The van der Waals surface area contributed by atoms with Crippen LogP contribution < -0.4 is 14.9 Å². The van der Waals surface area contributed by atoms with Gasteiger partial charge in [0.2, 0.25) is 0 Å². The molecule has 0 radical (unpaired) electrons. The van der Waals surface area contributed by atoms with E-state index < -0.39 is 0 Å². The highest BCUT2D eigenvalue weighted by Crippen LogP contribution is 2.34. The largest absolute Gasteiger partial charge is 0.497 e. The van der Waals surface area contributed by atoms with Gasteiger partial charge < -0.3 is 9.47 Å². The second kappa shape index (κ2) is 9.75. The second-order valence-electron chi connectivity index (χ2n) is 8.15. The molecule has 1 heterocycles. The molecule has 0 saturated heterocycles. The van der Waals surface area contributed by atoms with Crippen molar-refractivity contribution in [2.24, 2.45) is 5.10 Å². The first-order valence-electron chi connectivity index (χ1n) is 10.9. The van der Waals surface area contributed by atoms with Crippen molar-refractivity contribution in [2.45, 2.75) is 20.8 Å². The van der Waals surface area contributed by atoms with Crippen LogP contribution in [0.2, 0.25) is 0 Å². The molecule has 0 aliphatic rings. The van der Waals surface area contributed by atoms with Gasteiger partial charge in [0, 0.05) is 16.5 Å². The third kappa shape index (κ3) is 4.62. The number of nitrogens with zero attached hydrogens (tertiary/aromatic N) is 2. The van der Waals surface area contributed by atoms with Crippen LogP contribution in [0.25, 0.3) is 22.2 Å². The van der Waals surface area contributed by atoms with Crippen molar-refractivity contribution in [3.63, 3.8) is 0 Å². The maximum atomic E-state index is 13.2. The Bertz CT molecular complexity index is 1390. The van der Waals surface area contributed by atoms with E-state index in [-0.39, 0.29) is 5.91 Å². The molecule has 172 valence electrons. The van der Waals surface area contributed by atoms with E-state index in [1.54, 1.807) is 26.5 Å². The zero-order valence-corrected chi connectivity index (χ0v) is 20.0. The Morgan fingerprint density at radius 2 is 1.68 bits per heavy atom. The number of pyridine rings is 1.